The van der Waals surface area contributed by atoms with E-state index in [9.17, 15) is 4.79 Å². The minimum Gasteiger partial charge on any atom is -0.338 e. The van der Waals surface area contributed by atoms with E-state index in [4.69, 9.17) is 0 Å². The van der Waals surface area contributed by atoms with Gasteiger partial charge in [-0.25, -0.2) is 0 Å². The minimum absolute atomic E-state index is 0.0536. The van der Waals surface area contributed by atoms with Crippen LogP contribution >= 0.6 is 0 Å². The average Bonchev–Trinajstić information content (AvgIpc) is 3.24. The molecule has 3 unspecified atom stereocenters. The van der Waals surface area contributed by atoms with Gasteiger partial charge in [-0.3, -0.25) is 9.28 Å². The quantitative estimate of drug-likeness (QED) is 0.0937. The molecule has 3 atom stereocenters. The van der Waals surface area contributed by atoms with Crippen molar-refractivity contribution in [2.24, 2.45) is 0 Å². The van der Waals surface area contributed by atoms with Gasteiger partial charge in [-0.05, 0) is 39.0 Å². The fraction of sp³-hybridized carbons (Fsp3) is 0.833. The first kappa shape index (κ1) is 30.7. The van der Waals surface area contributed by atoms with Crippen LogP contribution in [-0.2, 0) is 4.79 Å². The summed E-state index contributed by atoms with van der Waals surface area (Å²) in [6.45, 7) is 9.23. The monoisotopic (exact) mass is 476 g/mol. The third-order valence-electron chi connectivity index (χ3n) is 7.64. The lowest BCUT2D eigenvalue weighted by atomic mass is 10.0. The van der Waals surface area contributed by atoms with Gasteiger partial charge in [0.25, 0.3) is 0 Å². The molecule has 1 aliphatic heterocycles. The highest BCUT2D eigenvalue weighted by Crippen LogP contribution is 2.26. The van der Waals surface area contributed by atoms with Crippen molar-refractivity contribution >= 4 is 5.91 Å². The van der Waals surface area contributed by atoms with Crippen molar-refractivity contribution in [1.29, 1.82) is 0 Å². The molecule has 0 aromatic heterocycles. The predicted molar refractivity (Wildman–Crippen MR) is 148 cm³/mol. The molecule has 34 heavy (non-hydrogen) atoms. The van der Waals surface area contributed by atoms with Crippen LogP contribution < -0.4 is 10.6 Å². The van der Waals surface area contributed by atoms with E-state index in [0.717, 1.165) is 17.4 Å². The van der Waals surface area contributed by atoms with Gasteiger partial charge in [0, 0.05) is 20.3 Å². The van der Waals surface area contributed by atoms with Gasteiger partial charge in [0.05, 0.1) is 12.7 Å². The molecule has 1 heterocycles. The number of hydrogen-bond acceptors (Lipinski definition) is 2. The van der Waals surface area contributed by atoms with Gasteiger partial charge in [-0.15, -0.1) is 0 Å². The molecule has 4 heteroatoms. The maximum Gasteiger partial charge on any atom is 0.221 e. The van der Waals surface area contributed by atoms with Crippen molar-refractivity contribution in [2.45, 2.75) is 156 Å². The standard InChI is InChI=1S/C30H57N3O/c1-5-7-8-9-10-11-12-13-14-15-16-17-18-19-20-21-22-23-24-25-30-31-26-27-33(30,6-2)28(3)32-29(4)34/h12-13,26-28,30-31H,5-11,14-25H2,1-4H3/p+1/b13-12+. The number of allylic oxidation sites excluding steroid dienone is 2. The molecule has 198 valence electrons. The average molecular weight is 477 g/mol. The van der Waals surface area contributed by atoms with E-state index in [2.05, 4.69) is 56.0 Å². The minimum atomic E-state index is 0.0536. The van der Waals surface area contributed by atoms with E-state index in [1.165, 1.54) is 109 Å². The molecule has 1 rings (SSSR count). The van der Waals surface area contributed by atoms with Crippen LogP contribution in [0.25, 0.3) is 0 Å². The van der Waals surface area contributed by atoms with E-state index in [1.807, 2.05) is 0 Å². The van der Waals surface area contributed by atoms with Crippen LogP contribution in [0, 0.1) is 0 Å². The molecular formula is C30H58N3O+. The lowest BCUT2D eigenvalue weighted by Crippen LogP contribution is -2.62. The topological polar surface area (TPSA) is 41.1 Å². The zero-order chi connectivity index (χ0) is 24.9. The second-order valence-electron chi connectivity index (χ2n) is 10.5. The Hall–Kier alpha value is -1.29. The molecule has 0 radical (unpaired) electrons. The summed E-state index contributed by atoms with van der Waals surface area (Å²) in [5.74, 6) is 0.0536. The third kappa shape index (κ3) is 13.0. The summed E-state index contributed by atoms with van der Waals surface area (Å²) in [5, 5.41) is 6.65. The number of nitrogens with zero attached hydrogens (tertiary/aromatic N) is 1. The van der Waals surface area contributed by atoms with Crippen LogP contribution in [0.5, 0.6) is 0 Å². The van der Waals surface area contributed by atoms with Gasteiger partial charge >= 0.3 is 0 Å². The van der Waals surface area contributed by atoms with Gasteiger partial charge in [0.2, 0.25) is 5.91 Å². The summed E-state index contributed by atoms with van der Waals surface area (Å²) in [4.78, 5) is 11.5. The Morgan fingerprint density at radius 3 is 1.85 bits per heavy atom. The summed E-state index contributed by atoms with van der Waals surface area (Å²) in [6.07, 6.45) is 34.0. The second-order valence-corrected chi connectivity index (χ2v) is 10.5. The Labute approximate surface area is 212 Å². The molecule has 0 spiro atoms. The van der Waals surface area contributed by atoms with E-state index in [-0.39, 0.29) is 12.1 Å². The highest BCUT2D eigenvalue weighted by Gasteiger charge is 2.41. The number of nitrogens with one attached hydrogen (secondary N) is 2. The normalized spacial score (nSPS) is 20.6. The van der Waals surface area contributed by atoms with Gasteiger partial charge in [0.15, 0.2) is 12.3 Å². The highest BCUT2D eigenvalue weighted by molar-refractivity contribution is 5.72. The first-order valence-corrected chi connectivity index (χ1v) is 14.8. The lowest BCUT2D eigenvalue weighted by molar-refractivity contribution is -0.923. The zero-order valence-corrected chi connectivity index (χ0v) is 23.3. The fourth-order valence-electron chi connectivity index (χ4n) is 5.39. The Morgan fingerprint density at radius 1 is 0.853 bits per heavy atom. The summed E-state index contributed by atoms with van der Waals surface area (Å²) in [6, 6.07) is 0. The van der Waals surface area contributed by atoms with Crippen LogP contribution in [0.3, 0.4) is 0 Å². The molecule has 0 saturated carbocycles. The van der Waals surface area contributed by atoms with E-state index >= 15 is 0 Å². The molecule has 0 aliphatic carbocycles. The third-order valence-corrected chi connectivity index (χ3v) is 7.64. The molecule has 0 bridgehead atoms. The molecule has 0 fully saturated rings. The van der Waals surface area contributed by atoms with Crippen molar-refractivity contribution in [3.05, 3.63) is 24.6 Å². The summed E-state index contributed by atoms with van der Waals surface area (Å²) >= 11 is 0. The maximum absolute atomic E-state index is 11.5. The molecule has 0 aromatic carbocycles. The van der Waals surface area contributed by atoms with Crippen molar-refractivity contribution in [3.8, 4) is 0 Å². The second kappa shape index (κ2) is 20.0. The van der Waals surface area contributed by atoms with Gasteiger partial charge in [-0.2, -0.15) is 0 Å². The number of hydrogen-bond donors (Lipinski definition) is 2. The van der Waals surface area contributed by atoms with E-state index < -0.39 is 0 Å². The molecule has 4 nitrogen and oxygen atoms in total. The number of unbranched alkanes of at least 4 members (excludes halogenated alkanes) is 15. The van der Waals surface area contributed by atoms with Crippen molar-refractivity contribution in [2.75, 3.05) is 6.54 Å². The first-order valence-electron chi connectivity index (χ1n) is 14.8. The maximum atomic E-state index is 11.5. The van der Waals surface area contributed by atoms with Crippen LogP contribution in [0.2, 0.25) is 0 Å². The number of quaternary nitrogens is 1. The van der Waals surface area contributed by atoms with Crippen molar-refractivity contribution < 1.29 is 9.28 Å². The summed E-state index contributed by atoms with van der Waals surface area (Å²) < 4.78 is 0.814. The first-order chi connectivity index (χ1) is 16.6. The Balaban J connectivity index is 1.94. The molecule has 0 aromatic rings. The number of amides is 1. The number of carbonyl (C=O) groups is 1. The molecule has 1 aliphatic rings. The smallest absolute Gasteiger partial charge is 0.221 e. The molecule has 2 N–H and O–H groups in total. The predicted octanol–water partition coefficient (Wildman–Crippen LogP) is 8.30. The zero-order valence-electron chi connectivity index (χ0n) is 23.3. The van der Waals surface area contributed by atoms with E-state index in [1.54, 1.807) is 6.92 Å². The fourth-order valence-corrected chi connectivity index (χ4v) is 5.39. The molecule has 0 saturated heterocycles. The van der Waals surface area contributed by atoms with Crippen LogP contribution in [0.15, 0.2) is 24.6 Å². The Bertz CT molecular complexity index is 559. The SMILES string of the molecule is CCCCCCC/C=C/CCCCCCCCCCCCC1NC=C[N+]1(CC)C(C)NC(C)=O. The van der Waals surface area contributed by atoms with Gasteiger partial charge in [0.1, 0.15) is 6.20 Å². The van der Waals surface area contributed by atoms with Gasteiger partial charge in [-0.1, -0.05) is 96.1 Å². The van der Waals surface area contributed by atoms with Gasteiger partial charge < -0.3 is 10.6 Å². The van der Waals surface area contributed by atoms with Crippen LogP contribution in [0.4, 0.5) is 0 Å². The lowest BCUT2D eigenvalue weighted by Gasteiger charge is -2.41. The van der Waals surface area contributed by atoms with Crippen LogP contribution in [0.1, 0.15) is 143 Å². The summed E-state index contributed by atoms with van der Waals surface area (Å²) in [7, 11) is 0. The number of carbonyl (C=O) groups excluding carboxylic acids is 1. The molecule has 1 amide bonds. The van der Waals surface area contributed by atoms with Crippen molar-refractivity contribution in [1.82, 2.24) is 10.6 Å². The highest BCUT2D eigenvalue weighted by atomic mass is 16.1. The molecular weight excluding hydrogens is 418 g/mol. The van der Waals surface area contributed by atoms with Crippen molar-refractivity contribution in [3.63, 3.8) is 0 Å². The number of rotatable bonds is 22. The largest absolute Gasteiger partial charge is 0.338 e. The van der Waals surface area contributed by atoms with E-state index in [0.29, 0.717) is 6.17 Å². The Kier molecular flexibility index (Phi) is 18.0. The van der Waals surface area contributed by atoms with Crippen LogP contribution in [-0.4, -0.2) is 29.3 Å². The summed E-state index contributed by atoms with van der Waals surface area (Å²) in [5.41, 5.74) is 0. The Morgan fingerprint density at radius 2 is 1.35 bits per heavy atom.